The second kappa shape index (κ2) is 9.66. The number of aryl methyl sites for hydroxylation is 1. The van der Waals surface area contributed by atoms with Crippen molar-refractivity contribution in [1.29, 1.82) is 0 Å². The summed E-state index contributed by atoms with van der Waals surface area (Å²) in [6.07, 6.45) is 2.83. The van der Waals surface area contributed by atoms with Crippen LogP contribution in [0.25, 0.3) is 20.3 Å². The van der Waals surface area contributed by atoms with Gasteiger partial charge in [-0.15, -0.1) is 11.3 Å². The van der Waals surface area contributed by atoms with E-state index in [9.17, 15) is 9.59 Å². The van der Waals surface area contributed by atoms with E-state index < -0.39 is 0 Å². The van der Waals surface area contributed by atoms with Gasteiger partial charge in [0.2, 0.25) is 5.91 Å². The van der Waals surface area contributed by atoms with Gasteiger partial charge in [0.05, 0.1) is 11.3 Å². The number of anilines is 1. The highest BCUT2D eigenvalue weighted by atomic mass is 32.2. The molecule has 0 aliphatic rings. The Kier molecular flexibility index (Phi) is 6.73. The number of nitrogens with zero attached hydrogens (tertiary/aromatic N) is 2. The maximum absolute atomic E-state index is 13.2. The van der Waals surface area contributed by atoms with Gasteiger partial charge >= 0.3 is 0 Å². The molecule has 0 fully saturated rings. The van der Waals surface area contributed by atoms with E-state index in [2.05, 4.69) is 19.2 Å². The molecule has 160 valence electrons. The third-order valence-electron chi connectivity index (χ3n) is 5.16. The maximum atomic E-state index is 13.2. The first-order chi connectivity index (χ1) is 15.1. The smallest absolute Gasteiger partial charge is 0.272 e. The fraction of sp³-hybridized carbons (Fsp3) is 0.292. The van der Waals surface area contributed by atoms with Crippen LogP contribution >= 0.6 is 23.1 Å². The molecule has 0 aliphatic heterocycles. The van der Waals surface area contributed by atoms with E-state index >= 15 is 0 Å². The lowest BCUT2D eigenvalue weighted by Crippen LogP contribution is -2.23. The summed E-state index contributed by atoms with van der Waals surface area (Å²) in [5.41, 5.74) is 2.72. The molecule has 2 aromatic heterocycles. The molecule has 0 saturated heterocycles. The normalized spacial score (nSPS) is 11.3. The van der Waals surface area contributed by atoms with Crippen molar-refractivity contribution in [3.63, 3.8) is 0 Å². The van der Waals surface area contributed by atoms with E-state index in [4.69, 9.17) is 4.98 Å². The number of unbranched alkanes of at least 4 members (excludes halogenated alkanes) is 1. The monoisotopic (exact) mass is 451 g/mol. The summed E-state index contributed by atoms with van der Waals surface area (Å²) in [5, 5.41) is 4.52. The minimum absolute atomic E-state index is 0.0160. The van der Waals surface area contributed by atoms with Crippen molar-refractivity contribution in [3.8, 4) is 0 Å². The van der Waals surface area contributed by atoms with Crippen molar-refractivity contribution in [2.75, 3.05) is 11.1 Å². The fourth-order valence-corrected chi connectivity index (χ4v) is 5.34. The van der Waals surface area contributed by atoms with Gasteiger partial charge in [-0.25, -0.2) is 4.98 Å². The van der Waals surface area contributed by atoms with Gasteiger partial charge < -0.3 is 5.32 Å². The largest absolute Gasteiger partial charge is 0.325 e. The Morgan fingerprint density at radius 1 is 1.13 bits per heavy atom. The number of carbonyl (C=O) groups excluding carboxylic acids is 1. The SMILES string of the molecule is CCCCn1c(SCC(=O)Nc2ccc(CC)cc2)nc2c(sc3ccccc32)c1=O. The van der Waals surface area contributed by atoms with Crippen LogP contribution in [-0.4, -0.2) is 21.2 Å². The number of benzene rings is 2. The van der Waals surface area contributed by atoms with Crippen molar-refractivity contribution in [1.82, 2.24) is 9.55 Å². The topological polar surface area (TPSA) is 64.0 Å². The van der Waals surface area contributed by atoms with Crippen LogP contribution in [-0.2, 0) is 17.8 Å². The number of fused-ring (bicyclic) bond motifs is 3. The molecule has 0 spiro atoms. The summed E-state index contributed by atoms with van der Waals surface area (Å²) in [4.78, 5) is 30.6. The first-order valence-electron chi connectivity index (χ1n) is 10.5. The molecule has 0 bridgehead atoms. The van der Waals surface area contributed by atoms with Gasteiger partial charge in [0.15, 0.2) is 5.16 Å². The number of amides is 1. The zero-order chi connectivity index (χ0) is 21.8. The Labute approximate surface area is 189 Å². The summed E-state index contributed by atoms with van der Waals surface area (Å²) in [6, 6.07) is 15.8. The molecule has 0 atom stereocenters. The third kappa shape index (κ3) is 4.67. The summed E-state index contributed by atoms with van der Waals surface area (Å²) >= 11 is 2.81. The van der Waals surface area contributed by atoms with Crippen LogP contribution in [0.4, 0.5) is 5.69 Å². The van der Waals surface area contributed by atoms with Crippen LogP contribution in [0.1, 0.15) is 32.3 Å². The molecule has 0 aliphatic carbocycles. The number of aromatic nitrogens is 2. The summed E-state index contributed by atoms with van der Waals surface area (Å²) in [6.45, 7) is 4.80. The molecular weight excluding hydrogens is 426 g/mol. The number of carbonyl (C=O) groups is 1. The van der Waals surface area contributed by atoms with Gasteiger partial charge in [-0.05, 0) is 36.6 Å². The van der Waals surface area contributed by atoms with Crippen molar-refractivity contribution in [2.45, 2.75) is 44.8 Å². The van der Waals surface area contributed by atoms with Gasteiger partial charge in [-0.1, -0.05) is 62.4 Å². The molecule has 0 saturated carbocycles. The van der Waals surface area contributed by atoms with Crippen LogP contribution < -0.4 is 10.9 Å². The highest BCUT2D eigenvalue weighted by Crippen LogP contribution is 2.31. The molecule has 1 amide bonds. The van der Waals surface area contributed by atoms with Crippen LogP contribution in [0.15, 0.2) is 58.5 Å². The second-order valence-corrected chi connectivity index (χ2v) is 9.36. The first-order valence-corrected chi connectivity index (χ1v) is 12.3. The van der Waals surface area contributed by atoms with E-state index in [0.717, 1.165) is 40.6 Å². The minimum atomic E-state index is -0.110. The van der Waals surface area contributed by atoms with Gasteiger partial charge in [-0.3, -0.25) is 14.2 Å². The Morgan fingerprint density at radius 2 is 1.90 bits per heavy atom. The van der Waals surface area contributed by atoms with Gasteiger partial charge in [-0.2, -0.15) is 0 Å². The lowest BCUT2D eigenvalue weighted by atomic mass is 10.1. The summed E-state index contributed by atoms with van der Waals surface area (Å²) in [7, 11) is 0. The van der Waals surface area contributed by atoms with Crippen molar-refractivity contribution in [3.05, 3.63) is 64.4 Å². The number of nitrogens with one attached hydrogen (secondary N) is 1. The molecule has 31 heavy (non-hydrogen) atoms. The van der Waals surface area contributed by atoms with Gasteiger partial charge in [0.1, 0.15) is 4.70 Å². The fourth-order valence-electron chi connectivity index (χ4n) is 3.43. The lowest BCUT2D eigenvalue weighted by molar-refractivity contribution is -0.113. The van der Waals surface area contributed by atoms with Crippen LogP contribution in [0.3, 0.4) is 0 Å². The highest BCUT2D eigenvalue weighted by molar-refractivity contribution is 7.99. The molecule has 4 rings (SSSR count). The van der Waals surface area contributed by atoms with E-state index in [0.29, 0.717) is 16.4 Å². The number of thiophene rings is 1. The zero-order valence-corrected chi connectivity index (χ0v) is 19.3. The first kappa shape index (κ1) is 21.6. The van der Waals surface area contributed by atoms with Gasteiger partial charge in [0.25, 0.3) is 5.56 Å². The van der Waals surface area contributed by atoms with Crippen LogP contribution in [0, 0.1) is 0 Å². The second-order valence-electron chi connectivity index (χ2n) is 7.37. The van der Waals surface area contributed by atoms with Crippen molar-refractivity contribution < 1.29 is 4.79 Å². The molecule has 5 nitrogen and oxygen atoms in total. The lowest BCUT2D eigenvalue weighted by Gasteiger charge is -2.12. The van der Waals surface area contributed by atoms with Gasteiger partial charge in [0, 0.05) is 22.3 Å². The Hall–Kier alpha value is -2.64. The van der Waals surface area contributed by atoms with Crippen LogP contribution in [0.2, 0.25) is 0 Å². The predicted octanol–water partition coefficient (Wildman–Crippen LogP) is 5.70. The highest BCUT2D eigenvalue weighted by Gasteiger charge is 2.17. The molecular formula is C24H25N3O2S2. The van der Waals surface area contributed by atoms with Crippen LogP contribution in [0.5, 0.6) is 0 Å². The Morgan fingerprint density at radius 3 is 2.65 bits per heavy atom. The Balaban J connectivity index is 1.60. The quantitative estimate of drug-likeness (QED) is 0.275. The molecule has 1 N–H and O–H groups in total. The van der Waals surface area contributed by atoms with Crippen molar-refractivity contribution >= 4 is 55.0 Å². The maximum Gasteiger partial charge on any atom is 0.272 e. The van der Waals surface area contributed by atoms with E-state index in [1.54, 1.807) is 4.57 Å². The molecule has 4 aromatic rings. The minimum Gasteiger partial charge on any atom is -0.325 e. The van der Waals surface area contributed by atoms with Crippen molar-refractivity contribution in [2.24, 2.45) is 0 Å². The number of hydrogen-bond acceptors (Lipinski definition) is 5. The zero-order valence-electron chi connectivity index (χ0n) is 17.7. The average molecular weight is 452 g/mol. The predicted molar refractivity (Wildman–Crippen MR) is 131 cm³/mol. The Bertz CT molecular complexity index is 1280. The molecule has 0 radical (unpaired) electrons. The molecule has 2 aromatic carbocycles. The summed E-state index contributed by atoms with van der Waals surface area (Å²) in [5.74, 6) is 0.0857. The summed E-state index contributed by atoms with van der Waals surface area (Å²) < 4.78 is 3.47. The third-order valence-corrected chi connectivity index (χ3v) is 7.29. The average Bonchev–Trinajstić information content (AvgIpc) is 3.17. The molecule has 2 heterocycles. The molecule has 7 heteroatoms. The number of hydrogen-bond donors (Lipinski definition) is 1. The van der Waals surface area contributed by atoms with E-state index in [-0.39, 0.29) is 17.2 Å². The number of thioether (sulfide) groups is 1. The standard InChI is InChI=1S/C24H25N3O2S2/c1-3-5-14-27-23(29)22-21(18-8-6-7-9-19(18)31-22)26-24(27)30-15-20(28)25-17-12-10-16(4-2)11-13-17/h6-13H,3-5,14-15H2,1-2H3,(H,25,28). The number of rotatable bonds is 8. The molecule has 0 unspecified atom stereocenters. The van der Waals surface area contributed by atoms with E-state index in [1.165, 1.54) is 28.7 Å². The van der Waals surface area contributed by atoms with E-state index in [1.807, 2.05) is 48.5 Å².